The van der Waals surface area contributed by atoms with Crippen LogP contribution < -0.4 is 5.32 Å². The van der Waals surface area contributed by atoms with Crippen molar-refractivity contribution in [3.63, 3.8) is 0 Å². The highest BCUT2D eigenvalue weighted by atomic mass is 16.5. The molecule has 22 heavy (non-hydrogen) atoms. The van der Waals surface area contributed by atoms with Gasteiger partial charge in [0.15, 0.2) is 11.5 Å². The lowest BCUT2D eigenvalue weighted by Gasteiger charge is -2.26. The van der Waals surface area contributed by atoms with E-state index in [9.17, 15) is 9.90 Å². The first-order valence-corrected chi connectivity index (χ1v) is 7.36. The second-order valence-corrected chi connectivity index (χ2v) is 6.34. The average molecular weight is 302 g/mol. The van der Waals surface area contributed by atoms with Gasteiger partial charge in [-0.15, -0.1) is 0 Å². The molecule has 1 aromatic carbocycles. The predicted molar refractivity (Wildman–Crippen MR) is 84.4 cm³/mol. The molecule has 0 spiro atoms. The Morgan fingerprint density at radius 2 is 2.05 bits per heavy atom. The number of nitrogens with one attached hydrogen (secondary N) is 1. The van der Waals surface area contributed by atoms with Crippen LogP contribution in [0.15, 0.2) is 40.9 Å². The summed E-state index contributed by atoms with van der Waals surface area (Å²) in [4.78, 5) is 12.1. The highest BCUT2D eigenvalue weighted by molar-refractivity contribution is 5.93. The fourth-order valence-electron chi connectivity index (χ4n) is 2.40. The summed E-state index contributed by atoms with van der Waals surface area (Å²) in [7, 11) is 0. The third-order valence-electron chi connectivity index (χ3n) is 3.38. The zero-order valence-electron chi connectivity index (χ0n) is 13.2. The number of carbonyl (C=O) groups excluding carboxylic acids is 1. The molecule has 1 atom stereocenters. The Balaban J connectivity index is 1.98. The Labute approximate surface area is 130 Å². The fourth-order valence-corrected chi connectivity index (χ4v) is 2.40. The molecule has 1 unspecified atom stereocenters. The lowest BCUT2D eigenvalue weighted by molar-refractivity contribution is 0.0893. The van der Waals surface area contributed by atoms with Crippen LogP contribution in [0.5, 0.6) is 0 Å². The quantitative estimate of drug-likeness (QED) is 0.860. The van der Waals surface area contributed by atoms with E-state index in [1.165, 1.54) is 0 Å². The molecule has 5 nitrogen and oxygen atoms in total. The number of hydrogen-bond donors (Lipinski definition) is 2. The van der Waals surface area contributed by atoms with Crippen LogP contribution in [0.1, 0.15) is 37.7 Å². The van der Waals surface area contributed by atoms with Gasteiger partial charge in [0.2, 0.25) is 0 Å². The van der Waals surface area contributed by atoms with Crippen LogP contribution in [-0.4, -0.2) is 28.8 Å². The van der Waals surface area contributed by atoms with Gasteiger partial charge in [0.25, 0.3) is 5.91 Å². The molecule has 2 rings (SSSR count). The van der Waals surface area contributed by atoms with E-state index < -0.39 is 6.10 Å². The van der Waals surface area contributed by atoms with Crippen molar-refractivity contribution in [2.45, 2.75) is 33.3 Å². The van der Waals surface area contributed by atoms with Crippen LogP contribution in [-0.2, 0) is 0 Å². The van der Waals surface area contributed by atoms with Crippen LogP contribution >= 0.6 is 0 Å². The van der Waals surface area contributed by atoms with E-state index in [1.807, 2.05) is 44.2 Å². The molecule has 0 aliphatic carbocycles. The second-order valence-electron chi connectivity index (χ2n) is 6.34. The van der Waals surface area contributed by atoms with Gasteiger partial charge in [0.05, 0.1) is 6.10 Å². The van der Waals surface area contributed by atoms with Crippen molar-refractivity contribution in [2.75, 3.05) is 6.54 Å². The first kappa shape index (κ1) is 16.2. The molecule has 1 amide bonds. The van der Waals surface area contributed by atoms with Crippen molar-refractivity contribution < 1.29 is 14.4 Å². The summed E-state index contributed by atoms with van der Waals surface area (Å²) in [6, 6.07) is 11.1. The highest BCUT2D eigenvalue weighted by Gasteiger charge is 2.22. The number of hydrogen-bond acceptors (Lipinski definition) is 4. The van der Waals surface area contributed by atoms with E-state index in [0.717, 1.165) is 5.56 Å². The maximum absolute atomic E-state index is 12.1. The first-order valence-electron chi connectivity index (χ1n) is 7.36. The molecule has 1 aromatic heterocycles. The summed E-state index contributed by atoms with van der Waals surface area (Å²) in [5, 5.41) is 16.1. The van der Waals surface area contributed by atoms with Gasteiger partial charge in [-0.3, -0.25) is 4.79 Å². The van der Waals surface area contributed by atoms with Gasteiger partial charge in [-0.2, -0.15) is 0 Å². The lowest BCUT2D eigenvalue weighted by atomic mass is 9.87. The van der Waals surface area contributed by atoms with Crippen LogP contribution in [0.2, 0.25) is 0 Å². The minimum atomic E-state index is -0.399. The summed E-state index contributed by atoms with van der Waals surface area (Å²) in [5.41, 5.74) is 0.950. The van der Waals surface area contributed by atoms with E-state index in [0.29, 0.717) is 18.7 Å². The van der Waals surface area contributed by atoms with E-state index in [1.54, 1.807) is 13.0 Å². The van der Waals surface area contributed by atoms with E-state index >= 15 is 0 Å². The molecule has 0 saturated carbocycles. The fraction of sp³-hybridized carbons (Fsp3) is 0.412. The van der Waals surface area contributed by atoms with Gasteiger partial charge >= 0.3 is 0 Å². The smallest absolute Gasteiger partial charge is 0.273 e. The van der Waals surface area contributed by atoms with E-state index in [2.05, 4.69) is 10.5 Å². The monoisotopic (exact) mass is 302 g/mol. The number of aliphatic hydroxyl groups excluding tert-OH is 1. The summed E-state index contributed by atoms with van der Waals surface area (Å²) in [6.07, 6.45) is 0.213. The summed E-state index contributed by atoms with van der Waals surface area (Å²) in [5.74, 6) is 0.290. The van der Waals surface area contributed by atoms with Crippen molar-refractivity contribution in [1.82, 2.24) is 10.5 Å². The van der Waals surface area contributed by atoms with Gasteiger partial charge in [0, 0.05) is 18.2 Å². The molecular formula is C17H22N2O3. The summed E-state index contributed by atoms with van der Waals surface area (Å²) in [6.45, 7) is 6.20. The van der Waals surface area contributed by atoms with Gasteiger partial charge in [-0.1, -0.05) is 49.3 Å². The maximum Gasteiger partial charge on any atom is 0.273 e. The summed E-state index contributed by atoms with van der Waals surface area (Å²) < 4.78 is 5.22. The third-order valence-corrected chi connectivity index (χ3v) is 3.38. The molecule has 0 bridgehead atoms. The van der Waals surface area contributed by atoms with Crippen molar-refractivity contribution in [3.05, 3.63) is 42.1 Å². The Kier molecular flexibility index (Phi) is 4.98. The van der Waals surface area contributed by atoms with Gasteiger partial charge < -0.3 is 14.9 Å². The molecule has 2 aromatic rings. The zero-order chi connectivity index (χ0) is 16.2. The number of aromatic nitrogens is 1. The molecule has 2 N–H and O–H groups in total. The molecule has 0 fully saturated rings. The topological polar surface area (TPSA) is 75.4 Å². The van der Waals surface area contributed by atoms with Crippen LogP contribution in [0.4, 0.5) is 0 Å². The van der Waals surface area contributed by atoms with Crippen molar-refractivity contribution in [2.24, 2.45) is 5.41 Å². The molecule has 0 radical (unpaired) electrons. The minimum absolute atomic E-state index is 0.185. The first-order chi connectivity index (χ1) is 10.4. The maximum atomic E-state index is 12.1. The predicted octanol–water partition coefficient (Wildman–Crippen LogP) is 2.87. The molecule has 1 heterocycles. The van der Waals surface area contributed by atoms with Gasteiger partial charge in [0.1, 0.15) is 0 Å². The second kappa shape index (κ2) is 6.75. The van der Waals surface area contributed by atoms with Crippen LogP contribution in [0, 0.1) is 5.41 Å². The summed E-state index contributed by atoms with van der Waals surface area (Å²) >= 11 is 0. The lowest BCUT2D eigenvalue weighted by Crippen LogP contribution is -2.35. The molecule has 0 aliphatic rings. The van der Waals surface area contributed by atoms with Crippen LogP contribution in [0.3, 0.4) is 0 Å². The number of amides is 1. The largest absolute Gasteiger partial charge is 0.393 e. The van der Waals surface area contributed by atoms with Crippen molar-refractivity contribution in [3.8, 4) is 11.3 Å². The van der Waals surface area contributed by atoms with Crippen molar-refractivity contribution in [1.29, 1.82) is 0 Å². The molecule has 0 aliphatic heterocycles. The van der Waals surface area contributed by atoms with E-state index in [-0.39, 0.29) is 17.0 Å². The normalized spacial score (nSPS) is 12.9. The Bertz CT molecular complexity index is 618. The molecule has 5 heteroatoms. The minimum Gasteiger partial charge on any atom is -0.393 e. The number of carbonyl (C=O) groups is 1. The third kappa shape index (κ3) is 4.43. The number of benzene rings is 1. The van der Waals surface area contributed by atoms with Gasteiger partial charge in [-0.05, 0) is 18.8 Å². The Hall–Kier alpha value is -2.14. The molecular weight excluding hydrogens is 280 g/mol. The Morgan fingerprint density at radius 3 is 2.68 bits per heavy atom. The standard InChI is InChI=1S/C17H22N2O3/c1-12(20)10-17(2,3)11-18-16(21)14-9-15(22-19-14)13-7-5-4-6-8-13/h4-9,12,20H,10-11H2,1-3H3,(H,18,21). The van der Waals surface area contributed by atoms with E-state index in [4.69, 9.17) is 4.52 Å². The number of rotatable bonds is 6. The molecule has 0 saturated heterocycles. The van der Waals surface area contributed by atoms with Gasteiger partial charge in [-0.25, -0.2) is 0 Å². The number of aliphatic hydroxyl groups is 1. The zero-order valence-corrected chi connectivity index (χ0v) is 13.2. The Morgan fingerprint density at radius 1 is 1.36 bits per heavy atom. The molecule has 118 valence electrons. The van der Waals surface area contributed by atoms with Crippen LogP contribution in [0.25, 0.3) is 11.3 Å². The SMILES string of the molecule is CC(O)CC(C)(C)CNC(=O)c1cc(-c2ccccc2)on1. The highest BCUT2D eigenvalue weighted by Crippen LogP contribution is 2.22. The average Bonchev–Trinajstić information content (AvgIpc) is 2.94. The number of nitrogens with zero attached hydrogens (tertiary/aromatic N) is 1. The van der Waals surface area contributed by atoms with Crippen molar-refractivity contribution >= 4 is 5.91 Å².